The third kappa shape index (κ3) is 6.64. The normalized spacial score (nSPS) is 11.0. The van der Waals surface area contributed by atoms with E-state index >= 15 is 0 Å². The van der Waals surface area contributed by atoms with E-state index in [1.165, 1.54) is 25.3 Å². The smallest absolute Gasteiger partial charge is 0.251 e. The Kier molecular flexibility index (Phi) is 9.91. The van der Waals surface area contributed by atoms with E-state index < -0.39 is 10.0 Å². The van der Waals surface area contributed by atoms with Crippen LogP contribution in [0.3, 0.4) is 0 Å². The van der Waals surface area contributed by atoms with Crippen molar-refractivity contribution in [3.8, 4) is 5.75 Å². The Balaban J connectivity index is 0.00000529. The molecule has 1 amide bonds. The van der Waals surface area contributed by atoms with Crippen LogP contribution in [0.25, 0.3) is 0 Å². The highest BCUT2D eigenvalue weighted by Gasteiger charge is 2.22. The van der Waals surface area contributed by atoms with E-state index in [9.17, 15) is 13.2 Å². The number of nitrogens with two attached hydrogens (primary N) is 1. The molecular formula is C15H26ClN3O4S. The van der Waals surface area contributed by atoms with Gasteiger partial charge in [0.25, 0.3) is 5.91 Å². The molecule has 0 aromatic heterocycles. The Labute approximate surface area is 149 Å². The number of sulfonamides is 1. The van der Waals surface area contributed by atoms with Gasteiger partial charge in [-0.05, 0) is 51.4 Å². The number of rotatable bonds is 9. The van der Waals surface area contributed by atoms with Gasteiger partial charge in [-0.25, -0.2) is 13.1 Å². The highest BCUT2D eigenvalue weighted by molar-refractivity contribution is 7.89. The monoisotopic (exact) mass is 379 g/mol. The lowest BCUT2D eigenvalue weighted by molar-refractivity contribution is 0.0953. The molecule has 1 rings (SSSR count). The van der Waals surface area contributed by atoms with E-state index in [4.69, 9.17) is 10.5 Å². The average molecular weight is 380 g/mol. The van der Waals surface area contributed by atoms with Gasteiger partial charge in [-0.15, -0.1) is 12.4 Å². The first-order chi connectivity index (χ1) is 10.8. The zero-order chi connectivity index (χ0) is 17.5. The van der Waals surface area contributed by atoms with Crippen molar-refractivity contribution in [1.82, 2.24) is 10.0 Å². The van der Waals surface area contributed by atoms with Gasteiger partial charge in [-0.2, -0.15) is 0 Å². The van der Waals surface area contributed by atoms with Gasteiger partial charge < -0.3 is 15.8 Å². The molecule has 0 atom stereocenters. The van der Waals surface area contributed by atoms with Gasteiger partial charge in [0.1, 0.15) is 10.6 Å². The zero-order valence-electron chi connectivity index (χ0n) is 14.2. The molecule has 4 N–H and O–H groups in total. The summed E-state index contributed by atoms with van der Waals surface area (Å²) in [5.74, 6) is -0.136. The predicted molar refractivity (Wildman–Crippen MR) is 96.3 cm³/mol. The van der Waals surface area contributed by atoms with Gasteiger partial charge in [0.05, 0.1) is 7.11 Å². The number of nitrogens with one attached hydrogen (secondary N) is 2. The average Bonchev–Trinajstić information content (AvgIpc) is 2.49. The molecule has 24 heavy (non-hydrogen) atoms. The summed E-state index contributed by atoms with van der Waals surface area (Å²) in [6, 6.07) is 4.07. The van der Waals surface area contributed by atoms with Crippen molar-refractivity contribution in [1.29, 1.82) is 0 Å². The number of hydrogen-bond donors (Lipinski definition) is 3. The molecule has 0 aliphatic carbocycles. The van der Waals surface area contributed by atoms with E-state index in [-0.39, 0.29) is 40.6 Å². The van der Waals surface area contributed by atoms with Gasteiger partial charge in [-0.3, -0.25) is 4.79 Å². The third-order valence-electron chi connectivity index (χ3n) is 3.02. The standard InChI is InChI=1S/C15H25N3O4S.ClH/c1-11(2)18-23(20,21)14-10-12(6-7-13(14)22-3)15(19)17-9-5-4-8-16;/h6-7,10-11,18H,4-5,8-9,16H2,1-3H3,(H,17,19);1H. The van der Waals surface area contributed by atoms with E-state index in [0.29, 0.717) is 13.1 Å². The largest absolute Gasteiger partial charge is 0.495 e. The number of methoxy groups -OCH3 is 1. The van der Waals surface area contributed by atoms with Crippen LogP contribution in [-0.4, -0.2) is 40.6 Å². The SMILES string of the molecule is COc1ccc(C(=O)NCCCCN)cc1S(=O)(=O)NC(C)C.Cl. The maximum absolute atomic E-state index is 12.4. The maximum Gasteiger partial charge on any atom is 0.251 e. The molecule has 1 aromatic rings. The molecule has 0 bridgehead atoms. The molecular weight excluding hydrogens is 354 g/mol. The van der Waals surface area contributed by atoms with Crippen molar-refractivity contribution in [3.05, 3.63) is 23.8 Å². The van der Waals surface area contributed by atoms with Gasteiger partial charge in [0.2, 0.25) is 10.0 Å². The molecule has 0 aliphatic heterocycles. The van der Waals surface area contributed by atoms with Crippen molar-refractivity contribution < 1.29 is 17.9 Å². The fraction of sp³-hybridized carbons (Fsp3) is 0.533. The maximum atomic E-state index is 12.4. The van der Waals surface area contributed by atoms with Crippen LogP contribution in [-0.2, 0) is 10.0 Å². The summed E-state index contributed by atoms with van der Waals surface area (Å²) in [6.45, 7) is 4.51. The van der Waals surface area contributed by atoms with Crippen molar-refractivity contribution >= 4 is 28.3 Å². The van der Waals surface area contributed by atoms with Crippen LogP contribution >= 0.6 is 12.4 Å². The third-order valence-corrected chi connectivity index (χ3v) is 4.70. The second-order valence-electron chi connectivity index (χ2n) is 5.39. The number of benzene rings is 1. The first kappa shape index (κ1) is 22.6. The minimum atomic E-state index is -3.76. The van der Waals surface area contributed by atoms with Gasteiger partial charge in [0, 0.05) is 18.2 Å². The molecule has 0 saturated heterocycles. The number of ether oxygens (including phenoxy) is 1. The zero-order valence-corrected chi connectivity index (χ0v) is 15.8. The summed E-state index contributed by atoms with van der Waals surface area (Å²) in [6.07, 6.45) is 1.60. The van der Waals surface area contributed by atoms with E-state index in [2.05, 4.69) is 10.0 Å². The molecule has 0 radical (unpaired) electrons. The second kappa shape index (κ2) is 10.5. The molecule has 138 valence electrons. The van der Waals surface area contributed by atoms with E-state index in [1.807, 2.05) is 0 Å². The van der Waals surface area contributed by atoms with Crippen molar-refractivity contribution in [2.75, 3.05) is 20.2 Å². The number of hydrogen-bond acceptors (Lipinski definition) is 5. The highest BCUT2D eigenvalue weighted by Crippen LogP contribution is 2.25. The Morgan fingerprint density at radius 3 is 2.50 bits per heavy atom. The highest BCUT2D eigenvalue weighted by atomic mass is 35.5. The number of amides is 1. The Morgan fingerprint density at radius 2 is 1.96 bits per heavy atom. The van der Waals surface area contributed by atoms with Crippen LogP contribution in [0.2, 0.25) is 0 Å². The van der Waals surface area contributed by atoms with Crippen LogP contribution < -0.4 is 20.5 Å². The number of carbonyl (C=O) groups is 1. The molecule has 1 aromatic carbocycles. The number of unbranched alkanes of at least 4 members (excludes halogenated alkanes) is 1. The Hall–Kier alpha value is -1.35. The molecule has 0 unspecified atom stereocenters. The lowest BCUT2D eigenvalue weighted by Crippen LogP contribution is -2.31. The summed E-state index contributed by atoms with van der Waals surface area (Å²) >= 11 is 0. The molecule has 0 heterocycles. The minimum Gasteiger partial charge on any atom is -0.495 e. The molecule has 7 nitrogen and oxygen atoms in total. The summed E-state index contributed by atoms with van der Waals surface area (Å²) in [4.78, 5) is 12.1. The molecule has 9 heteroatoms. The second-order valence-corrected chi connectivity index (χ2v) is 7.08. The van der Waals surface area contributed by atoms with Gasteiger partial charge >= 0.3 is 0 Å². The Bertz CT molecular complexity index is 636. The Morgan fingerprint density at radius 1 is 1.29 bits per heavy atom. The minimum absolute atomic E-state index is 0. The predicted octanol–water partition coefficient (Wildman–Crippen LogP) is 1.27. The molecule has 0 aliphatic rings. The number of carbonyl (C=O) groups excluding carboxylic acids is 1. The number of halogens is 1. The molecule has 0 spiro atoms. The summed E-state index contributed by atoms with van der Waals surface area (Å²) < 4.78 is 32.3. The lowest BCUT2D eigenvalue weighted by Gasteiger charge is -2.14. The van der Waals surface area contributed by atoms with Gasteiger partial charge in [-0.1, -0.05) is 0 Å². The van der Waals surface area contributed by atoms with Crippen molar-refractivity contribution in [2.45, 2.75) is 37.6 Å². The van der Waals surface area contributed by atoms with E-state index in [1.54, 1.807) is 13.8 Å². The molecule has 0 fully saturated rings. The first-order valence-electron chi connectivity index (χ1n) is 7.50. The van der Waals surface area contributed by atoms with E-state index in [0.717, 1.165) is 12.8 Å². The van der Waals surface area contributed by atoms with Crippen LogP contribution in [0.1, 0.15) is 37.0 Å². The van der Waals surface area contributed by atoms with Crippen LogP contribution in [0.15, 0.2) is 23.1 Å². The summed E-state index contributed by atoms with van der Waals surface area (Å²) in [7, 11) is -2.37. The van der Waals surface area contributed by atoms with Crippen molar-refractivity contribution in [3.63, 3.8) is 0 Å². The quantitative estimate of drug-likeness (QED) is 0.559. The van der Waals surface area contributed by atoms with Crippen LogP contribution in [0, 0.1) is 0 Å². The summed E-state index contributed by atoms with van der Waals surface area (Å²) in [5.41, 5.74) is 5.66. The van der Waals surface area contributed by atoms with Crippen molar-refractivity contribution in [2.24, 2.45) is 5.73 Å². The lowest BCUT2D eigenvalue weighted by atomic mass is 10.2. The summed E-state index contributed by atoms with van der Waals surface area (Å²) in [5, 5.41) is 2.74. The first-order valence-corrected chi connectivity index (χ1v) is 8.98. The molecule has 0 saturated carbocycles. The van der Waals surface area contributed by atoms with Gasteiger partial charge in [0.15, 0.2) is 0 Å². The topological polar surface area (TPSA) is 111 Å². The van der Waals surface area contributed by atoms with Crippen LogP contribution in [0.4, 0.5) is 0 Å². The fourth-order valence-electron chi connectivity index (χ4n) is 1.98. The van der Waals surface area contributed by atoms with Crippen LogP contribution in [0.5, 0.6) is 5.75 Å². The fourth-order valence-corrected chi connectivity index (χ4v) is 3.42.